The summed E-state index contributed by atoms with van der Waals surface area (Å²) >= 11 is 5.47. The molecule has 0 aliphatic carbocycles. The van der Waals surface area contributed by atoms with Crippen LogP contribution in [0.1, 0.15) is 5.56 Å². The van der Waals surface area contributed by atoms with Crippen LogP contribution in [0.4, 0.5) is 22.0 Å². The van der Waals surface area contributed by atoms with Crippen LogP contribution in [0.25, 0.3) is 0 Å². The smallest absolute Gasteiger partial charge is 0.325 e. The van der Waals surface area contributed by atoms with Crippen molar-refractivity contribution in [2.45, 2.75) is 17.0 Å². The highest BCUT2D eigenvalue weighted by Gasteiger charge is 2.33. The van der Waals surface area contributed by atoms with E-state index in [1.165, 1.54) is 0 Å². The van der Waals surface area contributed by atoms with Crippen LogP contribution >= 0.6 is 24.0 Å². The fourth-order valence-electron chi connectivity index (χ4n) is 1.25. The molecule has 4 nitrogen and oxygen atoms in total. The van der Waals surface area contributed by atoms with Gasteiger partial charge in [-0.05, 0) is 18.2 Å². The van der Waals surface area contributed by atoms with Gasteiger partial charge in [-0.3, -0.25) is 0 Å². The molecule has 0 fully saturated rings. The summed E-state index contributed by atoms with van der Waals surface area (Å²) in [7, 11) is -4.48. The van der Waals surface area contributed by atoms with Gasteiger partial charge < -0.3 is 5.73 Å². The maximum atomic E-state index is 12.9. The summed E-state index contributed by atoms with van der Waals surface area (Å²) in [5.74, 6) is -3.48. The maximum absolute atomic E-state index is 12.9. The van der Waals surface area contributed by atoms with Crippen molar-refractivity contribution >= 4 is 34.0 Å². The Kier molecular flexibility index (Phi) is 7.04. The van der Waals surface area contributed by atoms with Crippen LogP contribution in [0.2, 0.25) is 5.02 Å². The molecule has 0 aromatic heterocycles. The predicted octanol–water partition coefficient (Wildman–Crippen LogP) is 2.65. The van der Waals surface area contributed by atoms with Gasteiger partial charge in [0, 0.05) is 0 Å². The zero-order valence-electron chi connectivity index (χ0n) is 10.6. The molecule has 1 rings (SSSR count). The van der Waals surface area contributed by atoms with Gasteiger partial charge in [0.25, 0.3) is 5.92 Å². The summed E-state index contributed by atoms with van der Waals surface area (Å²) in [6.45, 7) is -2.38. The SMILES string of the molecule is Cl.NCC(F)(F)CNS(=O)(=O)c1ccc(C(F)(F)F)cc1Cl. The molecule has 1 aromatic carbocycles. The maximum Gasteiger partial charge on any atom is 0.416 e. The van der Waals surface area contributed by atoms with Crippen molar-refractivity contribution in [3.8, 4) is 0 Å². The third-order valence-corrected chi connectivity index (χ3v) is 4.25. The fraction of sp³-hybridized carbons (Fsp3) is 0.400. The van der Waals surface area contributed by atoms with Crippen LogP contribution in [0.5, 0.6) is 0 Å². The summed E-state index contributed by atoms with van der Waals surface area (Å²) in [5, 5.41) is -0.728. The number of alkyl halides is 5. The van der Waals surface area contributed by atoms with Crippen molar-refractivity contribution in [2.75, 3.05) is 13.1 Å². The molecular weight excluding hydrogens is 378 g/mol. The number of halogens is 7. The van der Waals surface area contributed by atoms with Gasteiger partial charge in [0.2, 0.25) is 10.0 Å². The summed E-state index contributed by atoms with van der Waals surface area (Å²) < 4.78 is 88.0. The van der Waals surface area contributed by atoms with Crippen molar-refractivity contribution in [3.05, 3.63) is 28.8 Å². The van der Waals surface area contributed by atoms with Crippen LogP contribution in [-0.2, 0) is 16.2 Å². The molecule has 0 unspecified atom stereocenters. The summed E-state index contributed by atoms with van der Waals surface area (Å²) in [6, 6.07) is 1.48. The second-order valence-electron chi connectivity index (χ2n) is 4.03. The quantitative estimate of drug-likeness (QED) is 0.761. The Morgan fingerprint density at radius 2 is 1.73 bits per heavy atom. The van der Waals surface area contributed by atoms with Crippen LogP contribution in [0, 0.1) is 0 Å². The zero-order chi connectivity index (χ0) is 16.5. The van der Waals surface area contributed by atoms with E-state index in [0.717, 1.165) is 0 Å². The summed E-state index contributed by atoms with van der Waals surface area (Å²) in [5.41, 5.74) is 3.58. The third kappa shape index (κ3) is 5.51. The number of nitrogens with one attached hydrogen (secondary N) is 1. The first kappa shape index (κ1) is 21.3. The highest BCUT2D eigenvalue weighted by Crippen LogP contribution is 2.33. The topological polar surface area (TPSA) is 72.2 Å². The van der Waals surface area contributed by atoms with Crippen molar-refractivity contribution in [2.24, 2.45) is 5.73 Å². The Labute approximate surface area is 134 Å². The standard InChI is InChI=1S/C10H10ClF5N2O2S.ClH/c11-7-3-6(10(14,15)16)1-2-8(7)21(19,20)18-5-9(12,13)4-17;/h1-3,18H,4-5,17H2;1H. The molecule has 0 radical (unpaired) electrons. The molecule has 0 aliphatic rings. The summed E-state index contributed by atoms with van der Waals surface area (Å²) in [6.07, 6.45) is -4.70. The number of sulfonamides is 1. The van der Waals surface area contributed by atoms with E-state index in [-0.39, 0.29) is 12.4 Å². The molecule has 128 valence electrons. The molecule has 0 atom stereocenters. The number of nitrogens with two attached hydrogens (primary N) is 1. The highest BCUT2D eigenvalue weighted by molar-refractivity contribution is 7.89. The van der Waals surface area contributed by atoms with E-state index in [0.29, 0.717) is 18.2 Å². The number of benzene rings is 1. The molecule has 3 N–H and O–H groups in total. The number of rotatable bonds is 5. The van der Waals surface area contributed by atoms with Gasteiger partial charge in [0.1, 0.15) is 4.90 Å². The van der Waals surface area contributed by atoms with Crippen LogP contribution < -0.4 is 10.5 Å². The predicted molar refractivity (Wildman–Crippen MR) is 72.9 cm³/mol. The van der Waals surface area contributed by atoms with E-state index in [4.69, 9.17) is 17.3 Å². The number of hydrogen-bond acceptors (Lipinski definition) is 3. The molecule has 0 aliphatic heterocycles. The Bertz CT molecular complexity index is 622. The highest BCUT2D eigenvalue weighted by atomic mass is 35.5. The molecule has 0 spiro atoms. The van der Waals surface area contributed by atoms with Crippen molar-refractivity contribution in [1.29, 1.82) is 0 Å². The van der Waals surface area contributed by atoms with E-state index in [1.54, 1.807) is 4.72 Å². The van der Waals surface area contributed by atoms with Gasteiger partial charge in [-0.25, -0.2) is 21.9 Å². The third-order valence-electron chi connectivity index (χ3n) is 2.37. The van der Waals surface area contributed by atoms with Crippen molar-refractivity contribution < 1.29 is 30.4 Å². The molecule has 0 saturated carbocycles. The number of hydrogen-bond donors (Lipinski definition) is 2. The minimum atomic E-state index is -4.70. The molecule has 0 heterocycles. The largest absolute Gasteiger partial charge is 0.416 e. The molecule has 0 saturated heterocycles. The van der Waals surface area contributed by atoms with Gasteiger partial charge >= 0.3 is 6.18 Å². The fourth-order valence-corrected chi connectivity index (χ4v) is 2.85. The first-order valence-corrected chi connectivity index (χ1v) is 7.19. The minimum Gasteiger partial charge on any atom is -0.325 e. The van der Waals surface area contributed by atoms with E-state index in [9.17, 15) is 30.4 Å². The first-order valence-electron chi connectivity index (χ1n) is 5.33. The molecular formula is C10H11Cl2F5N2O2S. The zero-order valence-corrected chi connectivity index (χ0v) is 13.0. The van der Waals surface area contributed by atoms with Gasteiger partial charge in [0.05, 0.1) is 23.7 Å². The van der Waals surface area contributed by atoms with Gasteiger partial charge in [-0.15, -0.1) is 12.4 Å². The lowest BCUT2D eigenvalue weighted by molar-refractivity contribution is -0.137. The molecule has 0 amide bonds. The van der Waals surface area contributed by atoms with Crippen molar-refractivity contribution in [1.82, 2.24) is 4.72 Å². The molecule has 12 heteroatoms. The Morgan fingerprint density at radius 1 is 1.18 bits per heavy atom. The summed E-state index contributed by atoms with van der Waals surface area (Å²) in [4.78, 5) is -0.731. The monoisotopic (exact) mass is 388 g/mol. The Balaban J connectivity index is 0.00000441. The first-order chi connectivity index (χ1) is 9.39. The van der Waals surface area contributed by atoms with E-state index in [1.807, 2.05) is 0 Å². The van der Waals surface area contributed by atoms with E-state index in [2.05, 4.69) is 0 Å². The minimum absolute atomic E-state index is 0. The lowest BCUT2D eigenvalue weighted by atomic mass is 10.2. The van der Waals surface area contributed by atoms with Crippen LogP contribution in [0.15, 0.2) is 23.1 Å². The average molecular weight is 389 g/mol. The lowest BCUT2D eigenvalue weighted by Crippen LogP contribution is -2.41. The normalized spacial score (nSPS) is 12.9. The second kappa shape index (κ2) is 7.26. The average Bonchev–Trinajstić information content (AvgIpc) is 2.35. The van der Waals surface area contributed by atoms with Crippen LogP contribution in [-0.4, -0.2) is 27.4 Å². The lowest BCUT2D eigenvalue weighted by Gasteiger charge is -2.15. The van der Waals surface area contributed by atoms with Crippen LogP contribution in [0.3, 0.4) is 0 Å². The Hall–Kier alpha value is -0.680. The Morgan fingerprint density at radius 3 is 2.14 bits per heavy atom. The van der Waals surface area contributed by atoms with Gasteiger partial charge in [-0.1, -0.05) is 11.6 Å². The molecule has 0 bridgehead atoms. The van der Waals surface area contributed by atoms with E-state index >= 15 is 0 Å². The van der Waals surface area contributed by atoms with Gasteiger partial charge in [-0.2, -0.15) is 13.2 Å². The second-order valence-corrected chi connectivity index (χ2v) is 6.17. The van der Waals surface area contributed by atoms with Crippen molar-refractivity contribution in [3.63, 3.8) is 0 Å². The molecule has 1 aromatic rings. The van der Waals surface area contributed by atoms with Gasteiger partial charge in [0.15, 0.2) is 0 Å². The molecule has 22 heavy (non-hydrogen) atoms. The van der Waals surface area contributed by atoms with E-state index < -0.39 is 50.7 Å².